The first-order valence-electron chi connectivity index (χ1n) is 11.3. The summed E-state index contributed by atoms with van der Waals surface area (Å²) in [4.78, 5) is 14.1. The average Bonchev–Trinajstić information content (AvgIpc) is 3.16. The molecule has 2 aromatic carbocycles. The predicted octanol–water partition coefficient (Wildman–Crippen LogP) is 5.85. The Morgan fingerprint density at radius 1 is 1.03 bits per heavy atom. The first-order chi connectivity index (χ1) is 16.6. The second kappa shape index (κ2) is 9.02. The molecule has 0 aliphatic carbocycles. The van der Waals surface area contributed by atoms with Gasteiger partial charge in [0.25, 0.3) is 0 Å². The molecule has 1 N–H and O–H groups in total. The van der Waals surface area contributed by atoms with Gasteiger partial charge < -0.3 is 14.7 Å². The molecule has 196 valence electrons. The second-order valence-corrected chi connectivity index (χ2v) is 9.58. The van der Waals surface area contributed by atoms with E-state index in [9.17, 15) is 40.6 Å². The summed E-state index contributed by atoms with van der Waals surface area (Å²) in [6.07, 6.45) is -11.9. The highest BCUT2D eigenvalue weighted by Crippen LogP contribution is 2.46. The van der Waals surface area contributed by atoms with Gasteiger partial charge >= 0.3 is 12.4 Å². The smallest absolute Gasteiger partial charge is 0.388 e. The molecule has 0 bridgehead atoms. The van der Waals surface area contributed by atoms with Crippen molar-refractivity contribution in [2.24, 2.45) is 0 Å². The number of carbonyl (C=O) groups excluding carboxylic acids is 1. The van der Waals surface area contributed by atoms with E-state index in [0.29, 0.717) is 17.7 Å². The van der Waals surface area contributed by atoms with Crippen molar-refractivity contribution in [3.05, 3.63) is 70.5 Å². The van der Waals surface area contributed by atoms with E-state index in [4.69, 9.17) is 4.74 Å². The molecule has 0 aromatic heterocycles. The van der Waals surface area contributed by atoms with Crippen LogP contribution >= 0.6 is 0 Å². The Labute approximate surface area is 202 Å². The van der Waals surface area contributed by atoms with Crippen LogP contribution in [0.4, 0.5) is 30.7 Å². The van der Waals surface area contributed by atoms with Crippen LogP contribution in [0, 0.1) is 5.82 Å². The average molecular weight is 519 g/mol. The van der Waals surface area contributed by atoms with Crippen molar-refractivity contribution in [1.82, 2.24) is 4.90 Å². The Bertz CT molecular complexity index is 1100. The Hall–Kier alpha value is -2.66. The minimum Gasteiger partial charge on any atom is -0.388 e. The topological polar surface area (TPSA) is 49.8 Å². The van der Waals surface area contributed by atoms with Crippen LogP contribution in [0.5, 0.6) is 0 Å². The molecular formula is C25H24F7NO3. The van der Waals surface area contributed by atoms with Gasteiger partial charge in [-0.2, -0.15) is 26.3 Å². The number of hydrogen-bond donors (Lipinski definition) is 1. The van der Waals surface area contributed by atoms with Gasteiger partial charge in [-0.15, -0.1) is 0 Å². The standard InChI is InChI=1S/C25H24F7NO3/c1-13(15-9-16(24(27,28)29)11-17(10-15)25(30,31)32)36-19-12-33-20(34)7-8-23(2,35)22(33)21(19)14-3-5-18(26)6-4-14/h3-6,9-11,13,19,21-22,35H,7-8,12H2,1-2H3/t13-,19+,21-,22-,23?/m1/s1. The summed E-state index contributed by atoms with van der Waals surface area (Å²) in [6.45, 7) is 2.85. The first kappa shape index (κ1) is 26.4. The normalized spacial score (nSPS) is 27.8. The molecule has 2 heterocycles. The third-order valence-electron chi connectivity index (χ3n) is 6.97. The zero-order valence-corrected chi connectivity index (χ0v) is 19.3. The van der Waals surface area contributed by atoms with Crippen LogP contribution in [0.15, 0.2) is 42.5 Å². The summed E-state index contributed by atoms with van der Waals surface area (Å²) in [7, 11) is 0. The van der Waals surface area contributed by atoms with Gasteiger partial charge in [-0.3, -0.25) is 4.79 Å². The van der Waals surface area contributed by atoms with Crippen LogP contribution in [0.2, 0.25) is 0 Å². The van der Waals surface area contributed by atoms with Crippen LogP contribution in [0.1, 0.15) is 61.0 Å². The minimum absolute atomic E-state index is 0.0306. The number of aliphatic hydroxyl groups is 1. The van der Waals surface area contributed by atoms with E-state index in [1.807, 2.05) is 0 Å². The number of halogens is 7. The molecule has 0 spiro atoms. The van der Waals surface area contributed by atoms with Gasteiger partial charge in [-0.25, -0.2) is 4.39 Å². The highest BCUT2D eigenvalue weighted by atomic mass is 19.4. The number of nitrogens with zero attached hydrogens (tertiary/aromatic N) is 1. The molecule has 0 radical (unpaired) electrons. The van der Waals surface area contributed by atoms with E-state index < -0.39 is 59.1 Å². The maximum Gasteiger partial charge on any atom is 0.416 e. The van der Waals surface area contributed by atoms with Crippen LogP contribution in [0.3, 0.4) is 0 Å². The largest absolute Gasteiger partial charge is 0.416 e. The molecule has 1 unspecified atom stereocenters. The summed E-state index contributed by atoms with van der Waals surface area (Å²) < 4.78 is 99.7. The fourth-order valence-electron chi connectivity index (χ4n) is 5.21. The molecular weight excluding hydrogens is 495 g/mol. The van der Waals surface area contributed by atoms with Gasteiger partial charge in [0.05, 0.1) is 35.0 Å². The highest BCUT2D eigenvalue weighted by molar-refractivity contribution is 5.78. The third-order valence-corrected chi connectivity index (χ3v) is 6.97. The number of carbonyl (C=O) groups is 1. The monoisotopic (exact) mass is 519 g/mol. The van der Waals surface area contributed by atoms with E-state index in [1.165, 1.54) is 36.1 Å². The van der Waals surface area contributed by atoms with E-state index in [1.54, 1.807) is 6.92 Å². The number of piperidine rings is 1. The van der Waals surface area contributed by atoms with Crippen molar-refractivity contribution in [3.8, 4) is 0 Å². The maximum atomic E-state index is 13.6. The van der Waals surface area contributed by atoms with E-state index in [0.717, 1.165) is 0 Å². The van der Waals surface area contributed by atoms with Crippen molar-refractivity contribution < 1.29 is 45.4 Å². The van der Waals surface area contributed by atoms with Gasteiger partial charge in [0, 0.05) is 18.9 Å². The zero-order valence-electron chi connectivity index (χ0n) is 19.3. The lowest BCUT2D eigenvalue weighted by Crippen LogP contribution is -2.56. The Morgan fingerprint density at radius 2 is 1.58 bits per heavy atom. The van der Waals surface area contributed by atoms with Crippen molar-refractivity contribution in [3.63, 3.8) is 0 Å². The molecule has 4 nitrogen and oxygen atoms in total. The van der Waals surface area contributed by atoms with Gasteiger partial charge in [0.15, 0.2) is 0 Å². The molecule has 2 aromatic rings. The molecule has 4 rings (SSSR count). The predicted molar refractivity (Wildman–Crippen MR) is 114 cm³/mol. The van der Waals surface area contributed by atoms with Gasteiger partial charge in [-0.05, 0) is 61.7 Å². The number of hydrogen-bond acceptors (Lipinski definition) is 3. The summed E-state index contributed by atoms with van der Waals surface area (Å²) in [5.74, 6) is -1.47. The number of fused-ring (bicyclic) bond motifs is 1. The number of rotatable bonds is 4. The van der Waals surface area contributed by atoms with E-state index in [2.05, 4.69) is 0 Å². The lowest BCUT2D eigenvalue weighted by atomic mass is 9.77. The quantitative estimate of drug-likeness (QED) is 0.516. The molecule has 2 aliphatic rings. The molecule has 2 saturated heterocycles. The third kappa shape index (κ3) is 5.08. The number of amides is 1. The van der Waals surface area contributed by atoms with Crippen LogP contribution in [0.25, 0.3) is 0 Å². The Balaban J connectivity index is 1.72. The number of alkyl halides is 6. The van der Waals surface area contributed by atoms with Crippen molar-refractivity contribution in [1.29, 1.82) is 0 Å². The van der Waals surface area contributed by atoms with E-state index in [-0.39, 0.29) is 36.9 Å². The zero-order chi connectivity index (χ0) is 26.6. The molecule has 2 fully saturated rings. The number of benzene rings is 2. The first-order valence-corrected chi connectivity index (χ1v) is 11.3. The molecule has 11 heteroatoms. The minimum atomic E-state index is -5.01. The SMILES string of the molecule is C[C@@H](O[C@H]1CN2C(=O)CCC(C)(O)[C@H]2[C@@H]1c1ccc(F)cc1)c1cc(C(F)(F)F)cc(C(F)(F)F)c1. The van der Waals surface area contributed by atoms with Crippen LogP contribution < -0.4 is 0 Å². The van der Waals surface area contributed by atoms with Crippen molar-refractivity contribution in [2.45, 2.75) is 68.8 Å². The van der Waals surface area contributed by atoms with Gasteiger partial charge in [-0.1, -0.05) is 12.1 Å². The van der Waals surface area contributed by atoms with Crippen LogP contribution in [-0.2, 0) is 21.9 Å². The summed E-state index contributed by atoms with van der Waals surface area (Å²) in [5, 5.41) is 11.1. The summed E-state index contributed by atoms with van der Waals surface area (Å²) in [6, 6.07) is 5.81. The number of ether oxygens (including phenoxy) is 1. The van der Waals surface area contributed by atoms with E-state index >= 15 is 0 Å². The van der Waals surface area contributed by atoms with Crippen molar-refractivity contribution >= 4 is 5.91 Å². The summed E-state index contributed by atoms with van der Waals surface area (Å²) in [5.41, 5.74) is -4.07. The Morgan fingerprint density at radius 3 is 2.11 bits per heavy atom. The lowest BCUT2D eigenvalue weighted by molar-refractivity contribution is -0.147. The fraction of sp³-hybridized carbons (Fsp3) is 0.480. The molecule has 2 aliphatic heterocycles. The molecule has 5 atom stereocenters. The maximum absolute atomic E-state index is 13.6. The van der Waals surface area contributed by atoms with Crippen molar-refractivity contribution in [2.75, 3.05) is 6.54 Å². The molecule has 1 amide bonds. The molecule has 0 saturated carbocycles. The molecule has 36 heavy (non-hydrogen) atoms. The fourth-order valence-corrected chi connectivity index (χ4v) is 5.21. The van der Waals surface area contributed by atoms with Gasteiger partial charge in [0.1, 0.15) is 5.82 Å². The second-order valence-electron chi connectivity index (χ2n) is 9.58. The summed E-state index contributed by atoms with van der Waals surface area (Å²) >= 11 is 0. The van der Waals surface area contributed by atoms with Gasteiger partial charge in [0.2, 0.25) is 5.91 Å². The van der Waals surface area contributed by atoms with Crippen LogP contribution in [-0.4, -0.2) is 40.2 Å². The highest BCUT2D eigenvalue weighted by Gasteiger charge is 2.55. The lowest BCUT2D eigenvalue weighted by Gasteiger charge is -2.43. The Kier molecular flexibility index (Phi) is 6.62.